The van der Waals surface area contributed by atoms with Gasteiger partial charge in [-0.1, -0.05) is 42.1 Å². The predicted octanol–water partition coefficient (Wildman–Crippen LogP) is 3.33. The van der Waals surface area contributed by atoms with Crippen LogP contribution in [-0.2, 0) is 11.2 Å². The van der Waals surface area contributed by atoms with Gasteiger partial charge in [0.25, 0.3) is 0 Å². The normalized spacial score (nSPS) is 12.8. The summed E-state index contributed by atoms with van der Waals surface area (Å²) < 4.78 is 14.0. The van der Waals surface area contributed by atoms with Crippen LogP contribution in [0.3, 0.4) is 0 Å². The molecule has 2 aromatic rings. The van der Waals surface area contributed by atoms with Crippen LogP contribution in [-0.4, -0.2) is 49.6 Å². The number of benzene rings is 1. The van der Waals surface area contributed by atoms with E-state index in [1.165, 1.54) is 0 Å². The van der Waals surface area contributed by atoms with Gasteiger partial charge in [-0.05, 0) is 38.2 Å². The van der Waals surface area contributed by atoms with Crippen LogP contribution in [0.5, 0.6) is 0 Å². The van der Waals surface area contributed by atoms with Crippen LogP contribution in [0.4, 0.5) is 0 Å². The maximum absolute atomic E-state index is 12.4. The Morgan fingerprint density at radius 1 is 1.22 bits per heavy atom. The minimum Gasteiger partial charge on any atom is -0.609 e. The van der Waals surface area contributed by atoms with Crippen molar-refractivity contribution in [2.75, 3.05) is 25.4 Å². The van der Waals surface area contributed by atoms with Gasteiger partial charge in [-0.15, -0.1) is 0 Å². The van der Waals surface area contributed by atoms with E-state index >= 15 is 0 Å². The molecule has 0 radical (unpaired) electrons. The largest absolute Gasteiger partial charge is 0.609 e. The molecule has 5 nitrogen and oxygen atoms in total. The third kappa shape index (κ3) is 4.61. The number of aryl methyl sites for hydroxylation is 1. The second kappa shape index (κ2) is 8.35. The first-order valence-electron chi connectivity index (χ1n) is 7.46. The van der Waals surface area contributed by atoms with Crippen LogP contribution < -0.4 is 0 Å². The lowest BCUT2D eigenvalue weighted by atomic mass is 10.3. The summed E-state index contributed by atoms with van der Waals surface area (Å²) in [5.41, 5.74) is 0.747. The highest BCUT2D eigenvalue weighted by Crippen LogP contribution is 2.25. The van der Waals surface area contributed by atoms with E-state index in [4.69, 9.17) is 23.2 Å². The van der Waals surface area contributed by atoms with Crippen molar-refractivity contribution in [1.82, 2.24) is 19.7 Å². The molecule has 126 valence electrons. The maximum atomic E-state index is 12.4. The fourth-order valence-electron chi connectivity index (χ4n) is 2.17. The Balaban J connectivity index is 2.15. The molecule has 0 bridgehead atoms. The highest BCUT2D eigenvalue weighted by molar-refractivity contribution is 7.91. The summed E-state index contributed by atoms with van der Waals surface area (Å²) >= 11 is 10.8. The van der Waals surface area contributed by atoms with Crippen molar-refractivity contribution in [1.29, 1.82) is 0 Å². The van der Waals surface area contributed by atoms with Crippen molar-refractivity contribution in [3.63, 3.8) is 0 Å². The van der Waals surface area contributed by atoms with Gasteiger partial charge in [-0.25, -0.2) is 4.68 Å². The molecular formula is C15H20Cl2N4OS. The molecule has 0 fully saturated rings. The SMILES string of the molecule is CCN(CC)CC[S+]([O-])c1nc(C)n(-c2ccc(Cl)c(Cl)c2)n1. The van der Waals surface area contributed by atoms with E-state index < -0.39 is 11.2 Å². The van der Waals surface area contributed by atoms with Crippen LogP contribution in [0.25, 0.3) is 5.69 Å². The van der Waals surface area contributed by atoms with E-state index in [0.717, 1.165) is 25.3 Å². The number of halogens is 2. The van der Waals surface area contributed by atoms with Crippen molar-refractivity contribution in [3.8, 4) is 5.69 Å². The van der Waals surface area contributed by atoms with Gasteiger partial charge >= 0.3 is 5.16 Å². The smallest absolute Gasteiger partial charge is 0.361 e. The van der Waals surface area contributed by atoms with Gasteiger partial charge in [0.15, 0.2) is 0 Å². The first kappa shape index (κ1) is 18.5. The summed E-state index contributed by atoms with van der Waals surface area (Å²) in [5.74, 6) is 1.18. The van der Waals surface area contributed by atoms with Crippen molar-refractivity contribution in [2.24, 2.45) is 0 Å². The lowest BCUT2D eigenvalue weighted by molar-refractivity contribution is 0.321. The van der Waals surface area contributed by atoms with Crippen LogP contribution >= 0.6 is 23.2 Å². The Hall–Kier alpha value is -0.790. The molecule has 1 aromatic heterocycles. The number of hydrogen-bond acceptors (Lipinski definition) is 4. The van der Waals surface area contributed by atoms with Crippen molar-refractivity contribution in [2.45, 2.75) is 25.9 Å². The molecule has 0 saturated heterocycles. The molecule has 0 aliphatic heterocycles. The summed E-state index contributed by atoms with van der Waals surface area (Å²) in [7, 11) is 0. The first-order valence-corrected chi connectivity index (χ1v) is 9.53. The second-order valence-corrected chi connectivity index (χ2v) is 7.31. The Morgan fingerprint density at radius 3 is 2.52 bits per heavy atom. The number of hydrogen-bond donors (Lipinski definition) is 0. The third-order valence-corrected chi connectivity index (χ3v) is 5.46. The predicted molar refractivity (Wildman–Crippen MR) is 95.2 cm³/mol. The maximum Gasteiger partial charge on any atom is 0.361 e. The molecule has 2 rings (SSSR count). The molecule has 0 saturated carbocycles. The first-order chi connectivity index (χ1) is 11.0. The van der Waals surface area contributed by atoms with E-state index in [1.807, 2.05) is 6.92 Å². The fourth-order valence-corrected chi connectivity index (χ4v) is 3.47. The molecule has 0 N–H and O–H groups in total. The highest BCUT2D eigenvalue weighted by atomic mass is 35.5. The Morgan fingerprint density at radius 2 is 1.91 bits per heavy atom. The number of nitrogens with zero attached hydrogens (tertiary/aromatic N) is 4. The zero-order chi connectivity index (χ0) is 17.0. The molecular weight excluding hydrogens is 355 g/mol. The average Bonchev–Trinajstić information content (AvgIpc) is 2.93. The fraction of sp³-hybridized carbons (Fsp3) is 0.467. The van der Waals surface area contributed by atoms with Crippen molar-refractivity contribution >= 4 is 34.4 Å². The second-order valence-electron chi connectivity index (χ2n) is 5.03. The standard InChI is InChI=1S/C15H20Cl2N4OS/c1-4-20(5-2)8-9-23(22)15-18-11(3)21(19-15)12-6-7-13(16)14(17)10-12/h6-7,10H,4-5,8-9H2,1-3H3. The third-order valence-electron chi connectivity index (χ3n) is 3.59. The molecule has 0 amide bonds. The Labute approximate surface area is 149 Å². The molecule has 1 unspecified atom stereocenters. The molecule has 0 aliphatic carbocycles. The van der Waals surface area contributed by atoms with Gasteiger partial charge in [0.05, 0.1) is 15.7 Å². The highest BCUT2D eigenvalue weighted by Gasteiger charge is 2.20. The van der Waals surface area contributed by atoms with Gasteiger partial charge in [0.2, 0.25) is 0 Å². The van der Waals surface area contributed by atoms with Crippen LogP contribution in [0, 0.1) is 6.92 Å². The lowest BCUT2D eigenvalue weighted by Gasteiger charge is -2.17. The summed E-state index contributed by atoms with van der Waals surface area (Å²) in [6, 6.07) is 5.23. The summed E-state index contributed by atoms with van der Waals surface area (Å²) in [6.07, 6.45) is 0. The molecule has 0 spiro atoms. The lowest BCUT2D eigenvalue weighted by Crippen LogP contribution is -2.29. The van der Waals surface area contributed by atoms with E-state index in [0.29, 0.717) is 26.8 Å². The average molecular weight is 375 g/mol. The number of rotatable bonds is 7. The van der Waals surface area contributed by atoms with Gasteiger partial charge in [0, 0.05) is 17.7 Å². The van der Waals surface area contributed by atoms with Crippen LogP contribution in [0.15, 0.2) is 23.4 Å². The molecule has 1 atom stereocenters. The summed E-state index contributed by atoms with van der Waals surface area (Å²) in [6.45, 7) is 8.65. The molecule has 8 heteroatoms. The molecule has 1 heterocycles. The van der Waals surface area contributed by atoms with Gasteiger partial charge in [-0.3, -0.25) is 4.90 Å². The van der Waals surface area contributed by atoms with E-state index in [1.54, 1.807) is 22.9 Å². The molecule has 0 aliphatic rings. The van der Waals surface area contributed by atoms with Gasteiger partial charge < -0.3 is 4.55 Å². The summed E-state index contributed by atoms with van der Waals surface area (Å²) in [4.78, 5) is 6.55. The van der Waals surface area contributed by atoms with Crippen molar-refractivity contribution in [3.05, 3.63) is 34.1 Å². The van der Waals surface area contributed by atoms with Crippen LogP contribution in [0.1, 0.15) is 19.7 Å². The molecule has 23 heavy (non-hydrogen) atoms. The molecule has 1 aromatic carbocycles. The zero-order valence-electron chi connectivity index (χ0n) is 13.4. The van der Waals surface area contributed by atoms with Crippen molar-refractivity contribution < 1.29 is 4.55 Å². The van der Waals surface area contributed by atoms with Gasteiger partial charge in [-0.2, -0.15) is 4.98 Å². The quantitative estimate of drug-likeness (QED) is 0.697. The minimum absolute atomic E-state index is 0.348. The zero-order valence-corrected chi connectivity index (χ0v) is 15.8. The topological polar surface area (TPSA) is 57.0 Å². The Bertz CT molecular complexity index is 661. The van der Waals surface area contributed by atoms with Gasteiger partial charge in [0.1, 0.15) is 11.6 Å². The monoisotopic (exact) mass is 374 g/mol. The van der Waals surface area contributed by atoms with E-state index in [-0.39, 0.29) is 0 Å². The van der Waals surface area contributed by atoms with Crippen LogP contribution in [0.2, 0.25) is 10.0 Å². The number of aromatic nitrogens is 3. The summed E-state index contributed by atoms with van der Waals surface area (Å²) in [5, 5.41) is 5.64. The van der Waals surface area contributed by atoms with E-state index in [2.05, 4.69) is 28.8 Å². The Kier molecular flexibility index (Phi) is 6.73. The minimum atomic E-state index is -1.22. The van der Waals surface area contributed by atoms with E-state index in [9.17, 15) is 4.55 Å².